The number of anilines is 1. The predicted molar refractivity (Wildman–Crippen MR) is 130 cm³/mol. The average Bonchev–Trinajstić information content (AvgIpc) is 2.80. The van der Waals surface area contributed by atoms with E-state index in [1.165, 1.54) is 4.90 Å². The van der Waals surface area contributed by atoms with Crippen molar-refractivity contribution in [2.45, 2.75) is 6.42 Å². The van der Waals surface area contributed by atoms with E-state index in [0.717, 1.165) is 12.0 Å². The second-order valence-corrected chi connectivity index (χ2v) is 7.67. The van der Waals surface area contributed by atoms with Crippen molar-refractivity contribution in [3.63, 3.8) is 0 Å². The van der Waals surface area contributed by atoms with Gasteiger partial charge in [0.25, 0.3) is 11.8 Å². The van der Waals surface area contributed by atoms with Gasteiger partial charge in [-0.15, -0.1) is 0 Å². The first kappa shape index (κ1) is 23.0. The van der Waals surface area contributed by atoms with Gasteiger partial charge in [0, 0.05) is 31.8 Å². The number of rotatable bonds is 7. The highest BCUT2D eigenvalue weighted by atomic mass is 32.1. The number of amides is 2. The van der Waals surface area contributed by atoms with Crippen LogP contribution >= 0.6 is 12.2 Å². The van der Waals surface area contributed by atoms with Crippen LogP contribution in [-0.4, -0.2) is 42.5 Å². The topological polar surface area (TPSA) is 70.7 Å². The number of carbonyl (C=O) groups excluding carboxylic acids is 2. The number of benzene rings is 3. The van der Waals surface area contributed by atoms with E-state index >= 15 is 0 Å². The molecule has 3 rings (SSSR count). The van der Waals surface area contributed by atoms with Gasteiger partial charge in [-0.2, -0.15) is 0 Å². The number of hydrogen-bond acceptors (Lipinski definition) is 4. The summed E-state index contributed by atoms with van der Waals surface area (Å²) in [6.07, 6.45) is 0.739. The zero-order valence-electron chi connectivity index (χ0n) is 18.0. The lowest BCUT2D eigenvalue weighted by Crippen LogP contribution is -2.34. The second-order valence-electron chi connectivity index (χ2n) is 7.27. The average molecular weight is 448 g/mol. The Morgan fingerprint density at radius 3 is 2.25 bits per heavy atom. The summed E-state index contributed by atoms with van der Waals surface area (Å²) in [5.41, 5.74) is 2.80. The summed E-state index contributed by atoms with van der Waals surface area (Å²) in [7, 11) is 3.39. The zero-order valence-corrected chi connectivity index (χ0v) is 18.8. The van der Waals surface area contributed by atoms with Crippen LogP contribution in [0.15, 0.2) is 78.9 Å². The lowest BCUT2D eigenvalue weighted by atomic mass is 10.1. The molecule has 0 radical (unpaired) electrons. The van der Waals surface area contributed by atoms with Crippen molar-refractivity contribution in [2.75, 3.05) is 26.0 Å². The number of ether oxygens (including phenoxy) is 1. The van der Waals surface area contributed by atoms with Crippen molar-refractivity contribution < 1.29 is 14.3 Å². The number of thiocarbonyl (C=S) groups is 1. The number of para-hydroxylation sites is 1. The van der Waals surface area contributed by atoms with Crippen molar-refractivity contribution in [1.82, 2.24) is 10.2 Å². The van der Waals surface area contributed by atoms with Crippen LogP contribution in [0.1, 0.15) is 26.3 Å². The molecule has 0 saturated heterocycles. The Bertz CT molecular complexity index is 1080. The normalized spacial score (nSPS) is 10.2. The SMILES string of the molecule is CN(C)C(=O)c1ccc(NC(=S)NC(=O)c2ccccc2OCCc2ccccc2)cc1. The van der Waals surface area contributed by atoms with E-state index in [1.807, 2.05) is 36.4 Å². The molecule has 2 N–H and O–H groups in total. The number of carbonyl (C=O) groups is 2. The number of nitrogens with one attached hydrogen (secondary N) is 2. The molecule has 2 amide bonds. The molecule has 0 atom stereocenters. The Morgan fingerprint density at radius 2 is 1.56 bits per heavy atom. The molecule has 164 valence electrons. The molecule has 0 spiro atoms. The highest BCUT2D eigenvalue weighted by molar-refractivity contribution is 7.80. The van der Waals surface area contributed by atoms with Crippen LogP contribution in [0.4, 0.5) is 5.69 Å². The van der Waals surface area contributed by atoms with Gasteiger partial charge in [0.15, 0.2) is 5.11 Å². The zero-order chi connectivity index (χ0) is 22.9. The van der Waals surface area contributed by atoms with Gasteiger partial charge in [0.2, 0.25) is 0 Å². The van der Waals surface area contributed by atoms with Gasteiger partial charge in [0.05, 0.1) is 12.2 Å². The Labute approximate surface area is 193 Å². The van der Waals surface area contributed by atoms with Gasteiger partial charge in [-0.25, -0.2) is 0 Å². The molecule has 3 aromatic carbocycles. The van der Waals surface area contributed by atoms with E-state index in [0.29, 0.717) is 29.2 Å². The molecule has 0 saturated carbocycles. The first-order chi connectivity index (χ1) is 15.4. The lowest BCUT2D eigenvalue weighted by molar-refractivity contribution is 0.0827. The Balaban J connectivity index is 1.57. The fourth-order valence-electron chi connectivity index (χ4n) is 2.99. The first-order valence-electron chi connectivity index (χ1n) is 10.1. The quantitative estimate of drug-likeness (QED) is 0.533. The lowest BCUT2D eigenvalue weighted by Gasteiger charge is -2.14. The van der Waals surface area contributed by atoms with Crippen LogP contribution in [0.5, 0.6) is 5.75 Å². The predicted octanol–water partition coefficient (Wildman–Crippen LogP) is 4.14. The van der Waals surface area contributed by atoms with Gasteiger partial charge in [-0.1, -0.05) is 42.5 Å². The third-order valence-electron chi connectivity index (χ3n) is 4.65. The summed E-state index contributed by atoms with van der Waals surface area (Å²) in [6, 6.07) is 23.9. The smallest absolute Gasteiger partial charge is 0.261 e. The third kappa shape index (κ3) is 6.39. The maximum absolute atomic E-state index is 12.7. The van der Waals surface area contributed by atoms with Crippen molar-refractivity contribution >= 4 is 34.8 Å². The molecule has 0 unspecified atom stereocenters. The Hall–Kier alpha value is -3.71. The molecule has 0 aromatic heterocycles. The summed E-state index contributed by atoms with van der Waals surface area (Å²) in [6.45, 7) is 0.453. The standard InChI is InChI=1S/C25H25N3O3S/c1-28(2)24(30)19-12-14-20(15-13-19)26-25(32)27-23(29)21-10-6-7-11-22(21)31-17-16-18-8-4-3-5-9-18/h3-15H,16-17H2,1-2H3,(H2,26,27,29,32). The molecule has 0 aliphatic carbocycles. The van der Waals surface area contributed by atoms with Crippen LogP contribution < -0.4 is 15.4 Å². The van der Waals surface area contributed by atoms with Gasteiger partial charge in [-0.3, -0.25) is 14.9 Å². The summed E-state index contributed by atoms with van der Waals surface area (Å²) in [5.74, 6) is 0.0452. The van der Waals surface area contributed by atoms with Gasteiger partial charge in [0.1, 0.15) is 5.75 Å². The van der Waals surface area contributed by atoms with Crippen molar-refractivity contribution in [2.24, 2.45) is 0 Å². The first-order valence-corrected chi connectivity index (χ1v) is 10.5. The molecule has 6 nitrogen and oxygen atoms in total. The number of nitrogens with zero attached hydrogens (tertiary/aromatic N) is 1. The van der Waals surface area contributed by atoms with Crippen LogP contribution in [0, 0.1) is 0 Å². The van der Waals surface area contributed by atoms with Crippen LogP contribution in [-0.2, 0) is 6.42 Å². The van der Waals surface area contributed by atoms with Crippen molar-refractivity contribution in [3.8, 4) is 5.75 Å². The van der Waals surface area contributed by atoms with Crippen molar-refractivity contribution in [1.29, 1.82) is 0 Å². The molecular weight excluding hydrogens is 422 g/mol. The fraction of sp³-hybridized carbons (Fsp3) is 0.160. The van der Waals surface area contributed by atoms with E-state index in [4.69, 9.17) is 17.0 Å². The Morgan fingerprint density at radius 1 is 0.906 bits per heavy atom. The summed E-state index contributed by atoms with van der Waals surface area (Å²) in [4.78, 5) is 26.2. The van der Waals surface area contributed by atoms with E-state index in [1.54, 1.807) is 56.6 Å². The summed E-state index contributed by atoms with van der Waals surface area (Å²) < 4.78 is 5.86. The van der Waals surface area contributed by atoms with E-state index < -0.39 is 0 Å². The molecule has 32 heavy (non-hydrogen) atoms. The second kappa shape index (κ2) is 11.1. The van der Waals surface area contributed by atoms with Gasteiger partial charge >= 0.3 is 0 Å². The molecule has 0 bridgehead atoms. The molecular formula is C25H25N3O3S. The molecule has 7 heteroatoms. The summed E-state index contributed by atoms with van der Waals surface area (Å²) >= 11 is 5.27. The molecule has 0 heterocycles. The maximum Gasteiger partial charge on any atom is 0.261 e. The third-order valence-corrected chi connectivity index (χ3v) is 4.85. The molecule has 0 aliphatic rings. The molecule has 0 fully saturated rings. The molecule has 0 aliphatic heterocycles. The largest absolute Gasteiger partial charge is 0.492 e. The minimum Gasteiger partial charge on any atom is -0.492 e. The number of hydrogen-bond donors (Lipinski definition) is 2. The minimum absolute atomic E-state index is 0.0868. The fourth-order valence-corrected chi connectivity index (χ4v) is 3.20. The van der Waals surface area contributed by atoms with Crippen LogP contribution in [0.2, 0.25) is 0 Å². The van der Waals surface area contributed by atoms with Crippen molar-refractivity contribution in [3.05, 3.63) is 95.6 Å². The minimum atomic E-state index is -0.364. The van der Waals surface area contributed by atoms with E-state index in [-0.39, 0.29) is 16.9 Å². The van der Waals surface area contributed by atoms with E-state index in [2.05, 4.69) is 10.6 Å². The van der Waals surface area contributed by atoms with E-state index in [9.17, 15) is 9.59 Å². The Kier molecular flexibility index (Phi) is 7.94. The van der Waals surface area contributed by atoms with Crippen LogP contribution in [0.25, 0.3) is 0 Å². The van der Waals surface area contributed by atoms with Gasteiger partial charge in [-0.05, 0) is 54.2 Å². The highest BCUT2D eigenvalue weighted by Crippen LogP contribution is 2.18. The summed E-state index contributed by atoms with van der Waals surface area (Å²) in [5, 5.41) is 5.78. The molecule has 3 aromatic rings. The van der Waals surface area contributed by atoms with Crippen LogP contribution in [0.3, 0.4) is 0 Å². The maximum atomic E-state index is 12.7. The highest BCUT2D eigenvalue weighted by Gasteiger charge is 2.14. The monoisotopic (exact) mass is 447 g/mol. The van der Waals surface area contributed by atoms with Gasteiger partial charge < -0.3 is 15.0 Å².